The molecule has 0 radical (unpaired) electrons. The molecule has 9 heteroatoms. The summed E-state index contributed by atoms with van der Waals surface area (Å²) in [5, 5.41) is 15.2. The Balaban J connectivity index is 1.32. The van der Waals surface area contributed by atoms with Crippen molar-refractivity contribution in [2.45, 2.75) is 45.2 Å². The lowest BCUT2D eigenvalue weighted by Gasteiger charge is -2.24. The summed E-state index contributed by atoms with van der Waals surface area (Å²) in [5.41, 5.74) is 9.78. The van der Waals surface area contributed by atoms with Gasteiger partial charge in [-0.05, 0) is 74.4 Å². The number of nitrogens with two attached hydrogens (primary N) is 1. The molecule has 1 aliphatic heterocycles. The van der Waals surface area contributed by atoms with Crippen molar-refractivity contribution in [2.75, 3.05) is 12.3 Å². The van der Waals surface area contributed by atoms with Crippen molar-refractivity contribution in [1.82, 2.24) is 24.6 Å². The molecule has 4 aromatic rings. The maximum absolute atomic E-state index is 13.2. The lowest BCUT2D eigenvalue weighted by molar-refractivity contribution is -0.127. The number of hydrogen-bond acceptors (Lipinski definition) is 7. The number of para-hydroxylation sites is 1. The van der Waals surface area contributed by atoms with Gasteiger partial charge in [-0.1, -0.05) is 24.3 Å². The van der Waals surface area contributed by atoms with Gasteiger partial charge in [0.25, 0.3) is 5.91 Å². The van der Waals surface area contributed by atoms with Gasteiger partial charge in [0.2, 0.25) is 0 Å². The number of aromatic nitrogens is 4. The second kappa shape index (κ2) is 10.2. The monoisotopic (exact) mass is 519 g/mol. The van der Waals surface area contributed by atoms with Crippen molar-refractivity contribution in [3.05, 3.63) is 72.1 Å². The van der Waals surface area contributed by atoms with Gasteiger partial charge >= 0.3 is 0 Å². The number of likely N-dealkylation sites (tertiary alicyclic amines) is 1. The number of anilines is 1. The molecule has 2 aromatic heterocycles. The summed E-state index contributed by atoms with van der Waals surface area (Å²) in [6.07, 6.45) is 7.07. The zero-order chi connectivity index (χ0) is 26.9. The second-order valence-corrected chi connectivity index (χ2v) is 10.2. The first-order chi connectivity index (χ1) is 19.0. The van der Waals surface area contributed by atoms with Crippen molar-refractivity contribution in [3.8, 4) is 28.8 Å². The maximum Gasteiger partial charge on any atom is 0.264 e. The molecule has 6 rings (SSSR count). The molecule has 196 valence electrons. The van der Waals surface area contributed by atoms with Crippen LogP contribution >= 0.6 is 0 Å². The number of allylic oxidation sites excluding steroid dienone is 1. The molecule has 2 fully saturated rings. The Kier molecular flexibility index (Phi) is 6.45. The third kappa shape index (κ3) is 4.93. The Morgan fingerprint density at radius 2 is 1.97 bits per heavy atom. The largest absolute Gasteiger partial charge is 0.457 e. The lowest BCUT2D eigenvalue weighted by atomic mass is 10.0. The summed E-state index contributed by atoms with van der Waals surface area (Å²) in [6.45, 7) is 3.08. The fourth-order valence-electron chi connectivity index (χ4n) is 5.24. The Hall–Kier alpha value is -4.71. The van der Waals surface area contributed by atoms with Gasteiger partial charge in [-0.25, -0.2) is 14.6 Å². The molecule has 0 unspecified atom stereocenters. The van der Waals surface area contributed by atoms with Crippen LogP contribution in [-0.4, -0.2) is 43.1 Å². The topological polar surface area (TPSA) is 123 Å². The van der Waals surface area contributed by atoms with Gasteiger partial charge in [-0.2, -0.15) is 10.4 Å². The van der Waals surface area contributed by atoms with Crippen molar-refractivity contribution in [3.63, 3.8) is 0 Å². The normalized spacial score (nSPS) is 17.4. The van der Waals surface area contributed by atoms with Crippen LogP contribution in [0.3, 0.4) is 0 Å². The van der Waals surface area contributed by atoms with E-state index in [9.17, 15) is 10.1 Å². The average molecular weight is 520 g/mol. The zero-order valence-corrected chi connectivity index (χ0v) is 21.7. The zero-order valence-electron chi connectivity index (χ0n) is 21.7. The number of nitrogens with zero attached hydrogens (tertiary/aromatic N) is 6. The SMILES string of the molecule is Cc1cc(Oc2ccccc2)ccc1-c1nn(C[C@@H]2CCCN2C(=O)/C(C#N)=C\C2CC2)c2ncnc(N)c12. The minimum absolute atomic E-state index is 0.0941. The molecule has 9 nitrogen and oxygen atoms in total. The molecule has 1 saturated carbocycles. The van der Waals surface area contributed by atoms with Crippen LogP contribution in [0.2, 0.25) is 0 Å². The van der Waals surface area contributed by atoms with Crippen molar-refractivity contribution in [1.29, 1.82) is 5.26 Å². The van der Waals surface area contributed by atoms with Crippen LogP contribution in [0, 0.1) is 24.2 Å². The summed E-state index contributed by atoms with van der Waals surface area (Å²) in [4.78, 5) is 23.8. The Labute approximate surface area is 226 Å². The molecular weight excluding hydrogens is 490 g/mol. The Morgan fingerprint density at radius 3 is 2.72 bits per heavy atom. The van der Waals surface area contributed by atoms with Gasteiger partial charge < -0.3 is 15.4 Å². The number of ether oxygens (including phenoxy) is 1. The lowest BCUT2D eigenvalue weighted by Crippen LogP contribution is -2.39. The van der Waals surface area contributed by atoms with E-state index in [0.717, 1.165) is 48.3 Å². The Morgan fingerprint density at radius 1 is 1.15 bits per heavy atom. The van der Waals surface area contributed by atoms with E-state index in [0.29, 0.717) is 41.6 Å². The minimum Gasteiger partial charge on any atom is -0.457 e. The number of fused-ring (bicyclic) bond motifs is 1. The number of carbonyl (C=O) groups is 1. The molecule has 1 saturated heterocycles. The minimum atomic E-state index is -0.192. The highest BCUT2D eigenvalue weighted by Gasteiger charge is 2.33. The highest BCUT2D eigenvalue weighted by atomic mass is 16.5. The molecule has 1 atom stereocenters. The maximum atomic E-state index is 13.2. The number of rotatable bonds is 7. The molecule has 2 aromatic carbocycles. The predicted octanol–water partition coefficient (Wildman–Crippen LogP) is 5.03. The number of nitrogen functional groups attached to an aromatic ring is 1. The van der Waals surface area contributed by atoms with E-state index in [1.807, 2.05) is 71.1 Å². The van der Waals surface area contributed by atoms with Gasteiger partial charge in [0.05, 0.1) is 18.0 Å². The highest BCUT2D eigenvalue weighted by Crippen LogP contribution is 2.36. The molecule has 3 heterocycles. The number of hydrogen-bond donors (Lipinski definition) is 1. The van der Waals surface area contributed by atoms with E-state index >= 15 is 0 Å². The van der Waals surface area contributed by atoms with Gasteiger partial charge in [-0.3, -0.25) is 4.79 Å². The van der Waals surface area contributed by atoms with E-state index in [2.05, 4.69) is 16.0 Å². The number of carbonyl (C=O) groups excluding carboxylic acids is 1. The Bertz CT molecular complexity index is 1620. The average Bonchev–Trinajstić information content (AvgIpc) is 3.52. The van der Waals surface area contributed by atoms with E-state index in [1.165, 1.54) is 6.33 Å². The second-order valence-electron chi connectivity index (χ2n) is 10.2. The molecule has 39 heavy (non-hydrogen) atoms. The van der Waals surface area contributed by atoms with Crippen LogP contribution in [0.4, 0.5) is 5.82 Å². The number of benzene rings is 2. The first kappa shape index (κ1) is 24.6. The summed E-state index contributed by atoms with van der Waals surface area (Å²) in [6, 6.07) is 17.5. The molecule has 0 spiro atoms. The summed E-state index contributed by atoms with van der Waals surface area (Å²) >= 11 is 0. The summed E-state index contributed by atoms with van der Waals surface area (Å²) in [7, 11) is 0. The van der Waals surface area contributed by atoms with Gasteiger partial charge in [0, 0.05) is 12.1 Å². The molecule has 0 bridgehead atoms. The van der Waals surface area contributed by atoms with Crippen molar-refractivity contribution >= 4 is 22.8 Å². The standard InChI is InChI=1S/C30H29N7O2/c1-19-14-24(39-23-7-3-2-4-8-23)11-12-25(19)27-26-28(32)33-18-34-29(26)37(35-27)17-22-6-5-13-36(22)30(38)21(16-31)15-20-9-10-20/h2-4,7-8,11-12,14-15,18,20,22H,5-6,9-10,13,17H2,1H3,(H2,32,33,34)/b21-15-/t22-/m0/s1. The van der Waals surface area contributed by atoms with Gasteiger partial charge in [0.1, 0.15) is 41.0 Å². The van der Waals surface area contributed by atoms with Crippen molar-refractivity contribution < 1.29 is 9.53 Å². The third-order valence-electron chi connectivity index (χ3n) is 7.39. The number of nitriles is 1. The van der Waals surface area contributed by atoms with E-state index in [4.69, 9.17) is 15.6 Å². The summed E-state index contributed by atoms with van der Waals surface area (Å²) in [5.74, 6) is 2.00. The van der Waals surface area contributed by atoms with E-state index in [1.54, 1.807) is 0 Å². The molecular formula is C30H29N7O2. The quantitative estimate of drug-likeness (QED) is 0.268. The van der Waals surface area contributed by atoms with Crippen molar-refractivity contribution in [2.24, 2.45) is 5.92 Å². The molecule has 2 N–H and O–H groups in total. The summed E-state index contributed by atoms with van der Waals surface area (Å²) < 4.78 is 7.83. The van der Waals surface area contributed by atoms with Crippen LogP contribution in [0.5, 0.6) is 11.5 Å². The van der Waals surface area contributed by atoms with Crippen LogP contribution < -0.4 is 10.5 Å². The molecule has 2 aliphatic rings. The fraction of sp³-hybridized carbons (Fsp3) is 0.300. The van der Waals surface area contributed by atoms with Gasteiger partial charge in [0.15, 0.2) is 5.65 Å². The third-order valence-corrected chi connectivity index (χ3v) is 7.39. The first-order valence-electron chi connectivity index (χ1n) is 13.3. The molecule has 1 aliphatic carbocycles. The van der Waals surface area contributed by atoms with E-state index < -0.39 is 0 Å². The number of amides is 1. The number of aryl methyl sites for hydroxylation is 1. The van der Waals surface area contributed by atoms with E-state index in [-0.39, 0.29) is 17.5 Å². The van der Waals surface area contributed by atoms with Crippen LogP contribution in [-0.2, 0) is 11.3 Å². The molecule has 1 amide bonds. The van der Waals surface area contributed by atoms with Gasteiger partial charge in [-0.15, -0.1) is 0 Å². The van der Waals surface area contributed by atoms with Crippen LogP contribution in [0.25, 0.3) is 22.3 Å². The van der Waals surface area contributed by atoms with Crippen LogP contribution in [0.1, 0.15) is 31.2 Å². The van der Waals surface area contributed by atoms with Crippen LogP contribution in [0.15, 0.2) is 66.5 Å². The predicted molar refractivity (Wildman–Crippen MR) is 148 cm³/mol. The first-order valence-corrected chi connectivity index (χ1v) is 13.3. The fourth-order valence-corrected chi connectivity index (χ4v) is 5.24. The smallest absolute Gasteiger partial charge is 0.264 e. The highest BCUT2D eigenvalue weighted by molar-refractivity contribution is 5.99.